The maximum absolute atomic E-state index is 6.11. The third kappa shape index (κ3) is 4.07. The van der Waals surface area contributed by atoms with E-state index in [4.69, 9.17) is 5.73 Å². The Morgan fingerprint density at radius 2 is 1.57 bits per heavy atom. The summed E-state index contributed by atoms with van der Waals surface area (Å²) in [7, 11) is 0. The molecule has 0 aliphatic heterocycles. The predicted octanol–water partition coefficient (Wildman–Crippen LogP) is 2.03. The van der Waals surface area contributed by atoms with Gasteiger partial charge in [0.2, 0.25) is 0 Å². The smallest absolute Gasteiger partial charge is 0.0228 e. The molecule has 0 rings (SSSR count). The Morgan fingerprint density at radius 3 is 1.86 bits per heavy atom. The van der Waals surface area contributed by atoms with E-state index in [0.717, 1.165) is 13.1 Å². The summed E-state index contributed by atoms with van der Waals surface area (Å²) in [4.78, 5) is 2.28. The topological polar surface area (TPSA) is 29.3 Å². The minimum absolute atomic E-state index is 0.204. The first-order valence-corrected chi connectivity index (χ1v) is 5.26. The normalized spacial score (nSPS) is 15.6. The zero-order valence-electron chi connectivity index (χ0n) is 9.74. The Bertz CT molecular complexity index is 165. The van der Waals surface area contributed by atoms with E-state index in [1.165, 1.54) is 0 Å². The summed E-state index contributed by atoms with van der Waals surface area (Å²) >= 11 is 0. The SMILES string of the molecule is C=CCN(CC=C)C(C)C(N)C(C)C. The Labute approximate surface area is 88.5 Å². The van der Waals surface area contributed by atoms with Crippen LogP contribution in [0.25, 0.3) is 0 Å². The molecule has 0 amide bonds. The van der Waals surface area contributed by atoms with Crippen molar-refractivity contribution in [1.29, 1.82) is 0 Å². The fraction of sp³-hybridized carbons (Fsp3) is 0.667. The van der Waals surface area contributed by atoms with Gasteiger partial charge in [0, 0.05) is 25.2 Å². The zero-order chi connectivity index (χ0) is 11.1. The molecule has 2 heteroatoms. The van der Waals surface area contributed by atoms with Crippen LogP contribution in [0.5, 0.6) is 0 Å². The van der Waals surface area contributed by atoms with Crippen LogP contribution in [0.4, 0.5) is 0 Å². The standard InChI is InChI=1S/C12H24N2/c1-6-8-14(9-7-2)11(5)12(13)10(3)4/h6-7,10-12H,1-2,8-9,13H2,3-5H3. The molecule has 2 atom stereocenters. The van der Waals surface area contributed by atoms with Crippen molar-refractivity contribution in [2.45, 2.75) is 32.9 Å². The summed E-state index contributed by atoms with van der Waals surface area (Å²) < 4.78 is 0. The third-order valence-electron chi connectivity index (χ3n) is 2.63. The van der Waals surface area contributed by atoms with Gasteiger partial charge in [-0.3, -0.25) is 4.90 Å². The van der Waals surface area contributed by atoms with Gasteiger partial charge >= 0.3 is 0 Å². The van der Waals surface area contributed by atoms with E-state index >= 15 is 0 Å². The van der Waals surface area contributed by atoms with Gasteiger partial charge in [0.05, 0.1) is 0 Å². The van der Waals surface area contributed by atoms with Crippen molar-refractivity contribution in [3.63, 3.8) is 0 Å². The average Bonchev–Trinajstić information content (AvgIpc) is 2.15. The molecule has 0 aliphatic carbocycles. The molecule has 14 heavy (non-hydrogen) atoms. The van der Waals surface area contributed by atoms with E-state index < -0.39 is 0 Å². The summed E-state index contributed by atoms with van der Waals surface area (Å²) in [6, 6.07) is 0.570. The second-order valence-corrected chi connectivity index (χ2v) is 4.09. The fourth-order valence-electron chi connectivity index (χ4n) is 1.54. The first-order chi connectivity index (χ1) is 6.54. The zero-order valence-corrected chi connectivity index (χ0v) is 9.74. The molecule has 0 aromatic carbocycles. The number of hydrogen-bond acceptors (Lipinski definition) is 2. The van der Waals surface area contributed by atoms with Crippen molar-refractivity contribution in [3.8, 4) is 0 Å². The molecule has 0 spiro atoms. The lowest BCUT2D eigenvalue weighted by atomic mass is 9.97. The Balaban J connectivity index is 4.31. The van der Waals surface area contributed by atoms with Crippen LogP contribution in [-0.2, 0) is 0 Å². The van der Waals surface area contributed by atoms with Crippen molar-refractivity contribution in [3.05, 3.63) is 25.3 Å². The van der Waals surface area contributed by atoms with Gasteiger partial charge in [-0.2, -0.15) is 0 Å². The van der Waals surface area contributed by atoms with Crippen molar-refractivity contribution in [1.82, 2.24) is 4.90 Å². The highest BCUT2D eigenvalue weighted by Gasteiger charge is 2.20. The first kappa shape index (κ1) is 13.4. The summed E-state index contributed by atoms with van der Waals surface area (Å²) in [5.74, 6) is 0.502. The number of hydrogen-bond donors (Lipinski definition) is 1. The maximum atomic E-state index is 6.11. The molecule has 0 heterocycles. The summed E-state index contributed by atoms with van der Waals surface area (Å²) in [5, 5.41) is 0. The van der Waals surface area contributed by atoms with Crippen molar-refractivity contribution >= 4 is 0 Å². The van der Waals surface area contributed by atoms with Crippen LogP contribution in [-0.4, -0.2) is 30.1 Å². The van der Waals surface area contributed by atoms with E-state index in [1.54, 1.807) is 0 Å². The van der Waals surface area contributed by atoms with Gasteiger partial charge in [0.15, 0.2) is 0 Å². The van der Waals surface area contributed by atoms with Gasteiger partial charge in [0.25, 0.3) is 0 Å². The van der Waals surface area contributed by atoms with E-state index in [0.29, 0.717) is 12.0 Å². The minimum atomic E-state index is 0.204. The van der Waals surface area contributed by atoms with E-state index in [1.807, 2.05) is 12.2 Å². The fourth-order valence-corrected chi connectivity index (χ4v) is 1.54. The molecule has 2 unspecified atom stereocenters. The number of rotatable bonds is 7. The van der Waals surface area contributed by atoms with Crippen LogP contribution < -0.4 is 5.73 Å². The van der Waals surface area contributed by atoms with Gasteiger partial charge in [0.1, 0.15) is 0 Å². The second-order valence-electron chi connectivity index (χ2n) is 4.09. The molecule has 2 N–H and O–H groups in total. The molecule has 0 aromatic rings. The van der Waals surface area contributed by atoms with Crippen LogP contribution >= 0.6 is 0 Å². The predicted molar refractivity (Wildman–Crippen MR) is 64.2 cm³/mol. The summed E-state index contributed by atoms with van der Waals surface area (Å²) in [6.45, 7) is 15.7. The van der Waals surface area contributed by atoms with E-state index in [-0.39, 0.29) is 6.04 Å². The molecule has 82 valence electrons. The molecule has 0 bridgehead atoms. The molecule has 0 radical (unpaired) electrons. The van der Waals surface area contributed by atoms with Gasteiger partial charge < -0.3 is 5.73 Å². The molecule has 0 saturated heterocycles. The third-order valence-corrected chi connectivity index (χ3v) is 2.63. The second kappa shape index (κ2) is 6.80. The minimum Gasteiger partial charge on any atom is -0.326 e. The van der Waals surface area contributed by atoms with E-state index in [9.17, 15) is 0 Å². The summed E-state index contributed by atoms with van der Waals surface area (Å²) in [6.07, 6.45) is 3.82. The molecule has 0 aliphatic rings. The molecule has 2 nitrogen and oxygen atoms in total. The van der Waals surface area contributed by atoms with Crippen LogP contribution in [0.2, 0.25) is 0 Å². The number of nitrogens with zero attached hydrogens (tertiary/aromatic N) is 1. The van der Waals surface area contributed by atoms with Gasteiger partial charge in [-0.15, -0.1) is 13.2 Å². The summed E-state index contributed by atoms with van der Waals surface area (Å²) in [5.41, 5.74) is 6.11. The lowest BCUT2D eigenvalue weighted by molar-refractivity contribution is 0.200. The van der Waals surface area contributed by atoms with Gasteiger partial charge in [-0.1, -0.05) is 26.0 Å². The molecular weight excluding hydrogens is 172 g/mol. The molecular formula is C12H24N2. The van der Waals surface area contributed by atoms with Crippen molar-refractivity contribution < 1.29 is 0 Å². The Kier molecular flexibility index (Phi) is 6.50. The van der Waals surface area contributed by atoms with Crippen LogP contribution in [0, 0.1) is 5.92 Å². The highest BCUT2D eigenvalue weighted by Crippen LogP contribution is 2.10. The van der Waals surface area contributed by atoms with Crippen molar-refractivity contribution in [2.24, 2.45) is 11.7 Å². The highest BCUT2D eigenvalue weighted by molar-refractivity contribution is 4.88. The lowest BCUT2D eigenvalue weighted by Gasteiger charge is -2.33. The van der Waals surface area contributed by atoms with Crippen LogP contribution in [0.3, 0.4) is 0 Å². The Hall–Kier alpha value is -0.600. The van der Waals surface area contributed by atoms with Crippen LogP contribution in [0.15, 0.2) is 25.3 Å². The number of nitrogens with two attached hydrogens (primary N) is 1. The Morgan fingerprint density at radius 1 is 1.14 bits per heavy atom. The van der Waals surface area contributed by atoms with E-state index in [2.05, 4.69) is 38.8 Å². The highest BCUT2D eigenvalue weighted by atomic mass is 15.2. The first-order valence-electron chi connectivity index (χ1n) is 5.26. The molecule has 0 aromatic heterocycles. The van der Waals surface area contributed by atoms with Gasteiger partial charge in [-0.25, -0.2) is 0 Å². The molecule has 0 fully saturated rings. The van der Waals surface area contributed by atoms with Gasteiger partial charge in [-0.05, 0) is 12.8 Å². The van der Waals surface area contributed by atoms with Crippen LogP contribution in [0.1, 0.15) is 20.8 Å². The molecule has 0 saturated carbocycles. The van der Waals surface area contributed by atoms with Crippen molar-refractivity contribution in [2.75, 3.05) is 13.1 Å². The monoisotopic (exact) mass is 196 g/mol. The average molecular weight is 196 g/mol. The largest absolute Gasteiger partial charge is 0.326 e. The lowest BCUT2D eigenvalue weighted by Crippen LogP contribution is -2.48. The quantitative estimate of drug-likeness (QED) is 0.631. The maximum Gasteiger partial charge on any atom is 0.0228 e.